The van der Waals surface area contributed by atoms with Crippen LogP contribution in [0.1, 0.15) is 16.7 Å². The summed E-state index contributed by atoms with van der Waals surface area (Å²) in [4.78, 5) is 6.40. The summed E-state index contributed by atoms with van der Waals surface area (Å²) in [6, 6.07) is 16.8. The minimum atomic E-state index is 0. The third-order valence-corrected chi connectivity index (χ3v) is 3.82. The zero-order chi connectivity index (χ0) is 16.7. The van der Waals surface area contributed by atoms with Crippen LogP contribution in [-0.2, 0) is 13.1 Å². The standard InChI is InChI=1S/C19H26N4.HI/c1-15-12-18(23(3)4)11-10-17(15)14-22-19(20-2)21-13-16-8-6-5-7-9-16;/h5-12H,13-14H2,1-4H3,(H2,20,21,22);1H. The molecule has 0 unspecified atom stereocenters. The Morgan fingerprint density at radius 2 is 1.67 bits per heavy atom. The van der Waals surface area contributed by atoms with Gasteiger partial charge in [0.15, 0.2) is 5.96 Å². The first-order chi connectivity index (χ1) is 11.1. The molecule has 2 aromatic rings. The lowest BCUT2D eigenvalue weighted by Crippen LogP contribution is -2.36. The number of aliphatic imine (C=N–C) groups is 1. The van der Waals surface area contributed by atoms with E-state index in [4.69, 9.17) is 0 Å². The molecule has 0 fully saturated rings. The van der Waals surface area contributed by atoms with Gasteiger partial charge in [-0.2, -0.15) is 0 Å². The molecule has 2 rings (SSSR count). The topological polar surface area (TPSA) is 39.7 Å². The number of anilines is 1. The van der Waals surface area contributed by atoms with E-state index in [1.807, 2.05) is 18.2 Å². The third-order valence-electron chi connectivity index (χ3n) is 3.82. The van der Waals surface area contributed by atoms with Crippen molar-refractivity contribution in [3.63, 3.8) is 0 Å². The van der Waals surface area contributed by atoms with Crippen LogP contribution >= 0.6 is 24.0 Å². The third kappa shape index (κ3) is 6.03. The van der Waals surface area contributed by atoms with Gasteiger partial charge in [0.1, 0.15) is 0 Å². The molecule has 0 bridgehead atoms. The Kier molecular flexibility index (Phi) is 8.60. The van der Waals surface area contributed by atoms with Crippen molar-refractivity contribution >= 4 is 35.6 Å². The smallest absolute Gasteiger partial charge is 0.191 e. The van der Waals surface area contributed by atoms with Gasteiger partial charge in [-0.25, -0.2) is 0 Å². The predicted molar refractivity (Wildman–Crippen MR) is 114 cm³/mol. The largest absolute Gasteiger partial charge is 0.378 e. The van der Waals surface area contributed by atoms with Gasteiger partial charge in [-0.1, -0.05) is 36.4 Å². The van der Waals surface area contributed by atoms with Gasteiger partial charge in [-0.05, 0) is 35.7 Å². The molecule has 0 aliphatic heterocycles. The molecule has 0 amide bonds. The monoisotopic (exact) mass is 438 g/mol. The van der Waals surface area contributed by atoms with Crippen molar-refractivity contribution < 1.29 is 0 Å². The minimum absolute atomic E-state index is 0. The van der Waals surface area contributed by atoms with Gasteiger partial charge in [-0.15, -0.1) is 24.0 Å². The van der Waals surface area contributed by atoms with E-state index in [0.29, 0.717) is 0 Å². The van der Waals surface area contributed by atoms with Crippen molar-refractivity contribution in [2.45, 2.75) is 20.0 Å². The molecule has 0 aliphatic rings. The molecular weight excluding hydrogens is 411 g/mol. The molecule has 0 atom stereocenters. The number of aryl methyl sites for hydroxylation is 1. The van der Waals surface area contributed by atoms with Crippen molar-refractivity contribution in [1.29, 1.82) is 0 Å². The van der Waals surface area contributed by atoms with E-state index in [1.165, 1.54) is 22.4 Å². The van der Waals surface area contributed by atoms with Gasteiger partial charge < -0.3 is 15.5 Å². The molecule has 0 aliphatic carbocycles. The Morgan fingerprint density at radius 3 is 2.25 bits per heavy atom. The fraction of sp³-hybridized carbons (Fsp3) is 0.316. The molecule has 0 saturated carbocycles. The Bertz CT molecular complexity index is 654. The number of hydrogen-bond acceptors (Lipinski definition) is 2. The average molecular weight is 438 g/mol. The first-order valence-corrected chi connectivity index (χ1v) is 7.85. The molecule has 0 spiro atoms. The van der Waals surface area contributed by atoms with E-state index >= 15 is 0 Å². The van der Waals surface area contributed by atoms with Crippen molar-refractivity contribution in [2.75, 3.05) is 26.0 Å². The van der Waals surface area contributed by atoms with Crippen LogP contribution in [-0.4, -0.2) is 27.1 Å². The molecular formula is C19H27IN4. The van der Waals surface area contributed by atoms with Crippen LogP contribution < -0.4 is 15.5 Å². The van der Waals surface area contributed by atoms with E-state index in [9.17, 15) is 0 Å². The van der Waals surface area contributed by atoms with E-state index in [1.54, 1.807) is 7.05 Å². The van der Waals surface area contributed by atoms with Crippen LogP contribution in [0.3, 0.4) is 0 Å². The maximum absolute atomic E-state index is 4.28. The van der Waals surface area contributed by atoms with Crippen molar-refractivity contribution in [1.82, 2.24) is 10.6 Å². The molecule has 130 valence electrons. The number of hydrogen-bond donors (Lipinski definition) is 2. The zero-order valence-electron chi connectivity index (χ0n) is 14.8. The zero-order valence-corrected chi connectivity index (χ0v) is 17.2. The summed E-state index contributed by atoms with van der Waals surface area (Å²) >= 11 is 0. The van der Waals surface area contributed by atoms with Gasteiger partial charge in [0, 0.05) is 39.9 Å². The highest BCUT2D eigenvalue weighted by atomic mass is 127. The Hall–Kier alpha value is -1.76. The number of nitrogens with zero attached hydrogens (tertiary/aromatic N) is 2. The van der Waals surface area contributed by atoms with Crippen LogP contribution in [0.15, 0.2) is 53.5 Å². The highest BCUT2D eigenvalue weighted by Gasteiger charge is 2.03. The summed E-state index contributed by atoms with van der Waals surface area (Å²) in [5, 5.41) is 6.71. The summed E-state index contributed by atoms with van der Waals surface area (Å²) < 4.78 is 0. The molecule has 24 heavy (non-hydrogen) atoms. The van der Waals surface area contributed by atoms with Gasteiger partial charge in [0.25, 0.3) is 0 Å². The molecule has 0 saturated heterocycles. The molecule has 5 heteroatoms. The van der Waals surface area contributed by atoms with Gasteiger partial charge in [0.2, 0.25) is 0 Å². The van der Waals surface area contributed by atoms with E-state index in [-0.39, 0.29) is 24.0 Å². The summed E-state index contributed by atoms with van der Waals surface area (Å²) in [5.41, 5.74) is 5.01. The number of guanidine groups is 1. The minimum Gasteiger partial charge on any atom is -0.378 e. The Morgan fingerprint density at radius 1 is 1.00 bits per heavy atom. The fourth-order valence-corrected chi connectivity index (χ4v) is 2.34. The molecule has 4 nitrogen and oxygen atoms in total. The summed E-state index contributed by atoms with van der Waals surface area (Å²) in [7, 11) is 5.91. The molecule has 0 radical (unpaired) electrons. The Labute approximate surface area is 162 Å². The maximum atomic E-state index is 4.28. The normalized spacial score (nSPS) is 10.8. The first kappa shape index (κ1) is 20.3. The first-order valence-electron chi connectivity index (χ1n) is 7.85. The highest BCUT2D eigenvalue weighted by Crippen LogP contribution is 2.17. The lowest BCUT2D eigenvalue weighted by molar-refractivity contribution is 0.806. The second-order valence-electron chi connectivity index (χ2n) is 5.77. The van der Waals surface area contributed by atoms with E-state index in [2.05, 4.69) is 71.9 Å². The summed E-state index contributed by atoms with van der Waals surface area (Å²) in [5.74, 6) is 0.810. The average Bonchev–Trinajstić information content (AvgIpc) is 2.57. The molecule has 2 N–H and O–H groups in total. The van der Waals surface area contributed by atoms with Crippen LogP contribution in [0.2, 0.25) is 0 Å². The number of benzene rings is 2. The number of rotatable bonds is 5. The molecule has 0 heterocycles. The van der Waals surface area contributed by atoms with Gasteiger partial charge in [-0.3, -0.25) is 4.99 Å². The quantitative estimate of drug-likeness (QED) is 0.426. The van der Waals surface area contributed by atoms with E-state index < -0.39 is 0 Å². The summed E-state index contributed by atoms with van der Waals surface area (Å²) in [6.07, 6.45) is 0. The van der Waals surface area contributed by atoms with Gasteiger partial charge in [0.05, 0.1) is 0 Å². The highest BCUT2D eigenvalue weighted by molar-refractivity contribution is 14.0. The van der Waals surface area contributed by atoms with Crippen LogP contribution in [0.4, 0.5) is 5.69 Å². The van der Waals surface area contributed by atoms with Crippen LogP contribution in [0.5, 0.6) is 0 Å². The van der Waals surface area contributed by atoms with E-state index in [0.717, 1.165) is 19.0 Å². The molecule has 0 aromatic heterocycles. The van der Waals surface area contributed by atoms with Crippen molar-refractivity contribution in [2.24, 2.45) is 4.99 Å². The maximum Gasteiger partial charge on any atom is 0.191 e. The van der Waals surface area contributed by atoms with Crippen molar-refractivity contribution in [3.05, 3.63) is 65.2 Å². The summed E-state index contributed by atoms with van der Waals surface area (Å²) in [6.45, 7) is 3.66. The van der Waals surface area contributed by atoms with Crippen molar-refractivity contribution in [3.8, 4) is 0 Å². The van der Waals surface area contributed by atoms with Gasteiger partial charge >= 0.3 is 0 Å². The second kappa shape index (κ2) is 10.2. The van der Waals surface area contributed by atoms with Crippen LogP contribution in [0, 0.1) is 6.92 Å². The predicted octanol–water partition coefficient (Wildman–Crippen LogP) is 3.54. The fourth-order valence-electron chi connectivity index (χ4n) is 2.34. The lowest BCUT2D eigenvalue weighted by atomic mass is 10.1. The lowest BCUT2D eigenvalue weighted by Gasteiger charge is -2.16. The Balaban J connectivity index is 0.00000288. The SMILES string of the molecule is CN=C(NCc1ccccc1)NCc1ccc(N(C)C)cc1C.I. The van der Waals surface area contributed by atoms with Crippen LogP contribution in [0.25, 0.3) is 0 Å². The molecule has 2 aromatic carbocycles. The second-order valence-corrected chi connectivity index (χ2v) is 5.77. The number of halogens is 1. The number of nitrogens with one attached hydrogen (secondary N) is 2.